The van der Waals surface area contributed by atoms with Gasteiger partial charge < -0.3 is 10.6 Å². The Bertz CT molecular complexity index is 866. The summed E-state index contributed by atoms with van der Waals surface area (Å²) in [7, 11) is 0. The van der Waals surface area contributed by atoms with Crippen LogP contribution in [0.15, 0.2) is 72.9 Å². The van der Waals surface area contributed by atoms with Crippen LogP contribution in [0.4, 0.5) is 15.9 Å². The summed E-state index contributed by atoms with van der Waals surface area (Å²) >= 11 is 0. The van der Waals surface area contributed by atoms with Crippen molar-refractivity contribution in [1.82, 2.24) is 4.98 Å². The van der Waals surface area contributed by atoms with Gasteiger partial charge in [-0.25, -0.2) is 9.37 Å². The van der Waals surface area contributed by atoms with Crippen LogP contribution in [-0.4, -0.2) is 10.9 Å². The summed E-state index contributed by atoms with van der Waals surface area (Å²) in [5.74, 6) is -0.123. The van der Waals surface area contributed by atoms with Crippen LogP contribution in [0.5, 0.6) is 0 Å². The molecule has 1 atom stereocenters. The number of aromatic nitrogens is 1. The molecule has 0 saturated carbocycles. The van der Waals surface area contributed by atoms with Crippen LogP contribution in [-0.2, 0) is 11.2 Å². The zero-order valence-corrected chi connectivity index (χ0v) is 14.4. The Morgan fingerprint density at radius 3 is 2.58 bits per heavy atom. The first kappa shape index (κ1) is 17.6. The summed E-state index contributed by atoms with van der Waals surface area (Å²) < 4.78 is 13.2. The predicted molar refractivity (Wildman–Crippen MR) is 101 cm³/mol. The molecule has 26 heavy (non-hydrogen) atoms. The molecular weight excluding hydrogens is 329 g/mol. The number of halogens is 1. The normalized spacial score (nSPS) is 11.6. The van der Waals surface area contributed by atoms with Gasteiger partial charge in [0.2, 0.25) is 5.91 Å². The Kier molecular flexibility index (Phi) is 5.59. The molecule has 4 nitrogen and oxygen atoms in total. The zero-order valence-electron chi connectivity index (χ0n) is 14.4. The number of anilines is 2. The highest BCUT2D eigenvalue weighted by molar-refractivity contribution is 5.91. The molecule has 1 unspecified atom stereocenters. The minimum Gasteiger partial charge on any atom is -0.377 e. The van der Waals surface area contributed by atoms with Crippen LogP contribution in [0.3, 0.4) is 0 Å². The van der Waals surface area contributed by atoms with E-state index in [1.165, 1.54) is 17.7 Å². The maximum atomic E-state index is 13.2. The van der Waals surface area contributed by atoms with E-state index in [0.717, 1.165) is 5.69 Å². The van der Waals surface area contributed by atoms with Gasteiger partial charge in [0.1, 0.15) is 11.6 Å². The average Bonchev–Trinajstić information content (AvgIpc) is 2.64. The Balaban J connectivity index is 1.56. The van der Waals surface area contributed by atoms with Crippen molar-refractivity contribution in [3.05, 3.63) is 89.9 Å². The maximum absolute atomic E-state index is 13.2. The molecular formula is C21H20FN3O. The number of nitrogens with one attached hydrogen (secondary N) is 2. The van der Waals surface area contributed by atoms with E-state index in [1.54, 1.807) is 24.4 Å². The van der Waals surface area contributed by atoms with Gasteiger partial charge in [-0.15, -0.1) is 0 Å². The molecule has 1 amide bonds. The summed E-state index contributed by atoms with van der Waals surface area (Å²) in [4.78, 5) is 16.3. The van der Waals surface area contributed by atoms with E-state index in [2.05, 4.69) is 34.7 Å². The molecule has 0 bridgehead atoms. The molecule has 2 N–H and O–H groups in total. The molecule has 1 aromatic heterocycles. The Morgan fingerprint density at radius 1 is 1.08 bits per heavy atom. The lowest BCUT2D eigenvalue weighted by atomic mass is 10.1. The molecule has 132 valence electrons. The molecule has 0 spiro atoms. The third-order valence-corrected chi connectivity index (χ3v) is 3.97. The van der Waals surface area contributed by atoms with E-state index in [1.807, 2.05) is 24.3 Å². The van der Waals surface area contributed by atoms with E-state index >= 15 is 0 Å². The molecule has 3 aromatic rings. The number of nitrogens with zero attached hydrogens (tertiary/aromatic N) is 1. The van der Waals surface area contributed by atoms with E-state index in [9.17, 15) is 9.18 Å². The number of hydrogen-bond donors (Lipinski definition) is 2. The smallest absolute Gasteiger partial charge is 0.229 e. The predicted octanol–water partition coefficient (Wildman–Crippen LogP) is 4.58. The fraction of sp³-hybridized carbons (Fsp3) is 0.143. The standard InChI is InChI=1S/C21H20FN3O/c1-15(17-7-3-2-4-8-17)24-19-10-11-20(23-14-19)25-21(26)13-16-6-5-9-18(22)12-16/h2-12,14-15,24H,13H2,1H3,(H,23,25,26). The fourth-order valence-corrected chi connectivity index (χ4v) is 2.65. The van der Waals surface area contributed by atoms with Crippen molar-refractivity contribution in [3.8, 4) is 0 Å². The minimum atomic E-state index is -0.351. The lowest BCUT2D eigenvalue weighted by molar-refractivity contribution is -0.115. The second-order valence-electron chi connectivity index (χ2n) is 6.06. The Morgan fingerprint density at radius 2 is 1.88 bits per heavy atom. The van der Waals surface area contributed by atoms with E-state index in [-0.39, 0.29) is 24.2 Å². The third kappa shape index (κ3) is 4.89. The molecule has 2 aromatic carbocycles. The summed E-state index contributed by atoms with van der Waals surface area (Å²) in [6.45, 7) is 2.07. The highest BCUT2D eigenvalue weighted by Gasteiger charge is 2.07. The largest absolute Gasteiger partial charge is 0.377 e. The zero-order chi connectivity index (χ0) is 18.4. The SMILES string of the molecule is CC(Nc1ccc(NC(=O)Cc2cccc(F)c2)nc1)c1ccccc1. The van der Waals surface area contributed by atoms with Crippen molar-refractivity contribution >= 4 is 17.4 Å². The number of carbonyl (C=O) groups excluding carboxylic acids is 1. The van der Waals surface area contributed by atoms with Gasteiger partial charge in [-0.05, 0) is 42.3 Å². The number of hydrogen-bond acceptors (Lipinski definition) is 3. The highest BCUT2D eigenvalue weighted by atomic mass is 19.1. The molecule has 0 aliphatic carbocycles. The third-order valence-electron chi connectivity index (χ3n) is 3.97. The maximum Gasteiger partial charge on any atom is 0.229 e. The van der Waals surface area contributed by atoms with Crippen LogP contribution in [0.1, 0.15) is 24.1 Å². The lowest BCUT2D eigenvalue weighted by Crippen LogP contribution is -2.15. The van der Waals surface area contributed by atoms with Gasteiger partial charge in [0.25, 0.3) is 0 Å². The number of carbonyl (C=O) groups is 1. The van der Waals surface area contributed by atoms with E-state index in [0.29, 0.717) is 11.4 Å². The molecule has 0 fully saturated rings. The average molecular weight is 349 g/mol. The van der Waals surface area contributed by atoms with Crippen molar-refractivity contribution in [3.63, 3.8) is 0 Å². The van der Waals surface area contributed by atoms with Crippen LogP contribution in [0, 0.1) is 5.82 Å². The second-order valence-corrected chi connectivity index (χ2v) is 6.06. The number of rotatable bonds is 6. The number of amides is 1. The van der Waals surface area contributed by atoms with Crippen molar-refractivity contribution in [2.75, 3.05) is 10.6 Å². The Hall–Kier alpha value is -3.21. The van der Waals surface area contributed by atoms with Gasteiger partial charge in [-0.2, -0.15) is 0 Å². The van der Waals surface area contributed by atoms with Crippen LogP contribution >= 0.6 is 0 Å². The lowest BCUT2D eigenvalue weighted by Gasteiger charge is -2.15. The number of pyridine rings is 1. The van der Waals surface area contributed by atoms with E-state index in [4.69, 9.17) is 0 Å². The molecule has 1 heterocycles. The fourth-order valence-electron chi connectivity index (χ4n) is 2.65. The molecule has 0 radical (unpaired) electrons. The molecule has 3 rings (SSSR count). The van der Waals surface area contributed by atoms with Crippen LogP contribution < -0.4 is 10.6 Å². The quantitative estimate of drug-likeness (QED) is 0.685. The first-order valence-electron chi connectivity index (χ1n) is 8.42. The van der Waals surface area contributed by atoms with Gasteiger partial charge in [0.15, 0.2) is 0 Å². The summed E-state index contributed by atoms with van der Waals surface area (Å²) in [6.07, 6.45) is 1.78. The van der Waals surface area contributed by atoms with Crippen molar-refractivity contribution < 1.29 is 9.18 Å². The molecule has 0 saturated heterocycles. The highest BCUT2D eigenvalue weighted by Crippen LogP contribution is 2.19. The van der Waals surface area contributed by atoms with Crippen molar-refractivity contribution in [2.45, 2.75) is 19.4 Å². The molecule has 0 aliphatic heterocycles. The number of benzene rings is 2. The van der Waals surface area contributed by atoms with Crippen molar-refractivity contribution in [2.24, 2.45) is 0 Å². The van der Waals surface area contributed by atoms with Crippen LogP contribution in [0.2, 0.25) is 0 Å². The summed E-state index contributed by atoms with van der Waals surface area (Å²) in [6, 6.07) is 19.9. The molecule has 0 aliphatic rings. The van der Waals surface area contributed by atoms with E-state index < -0.39 is 0 Å². The van der Waals surface area contributed by atoms with Crippen LogP contribution in [0.25, 0.3) is 0 Å². The van der Waals surface area contributed by atoms with Gasteiger partial charge in [0, 0.05) is 6.04 Å². The van der Waals surface area contributed by atoms with Gasteiger partial charge in [-0.1, -0.05) is 42.5 Å². The van der Waals surface area contributed by atoms with Crippen molar-refractivity contribution in [1.29, 1.82) is 0 Å². The first-order chi connectivity index (χ1) is 12.6. The molecule has 5 heteroatoms. The summed E-state index contributed by atoms with van der Waals surface area (Å²) in [5, 5.41) is 6.09. The van der Waals surface area contributed by atoms with Gasteiger partial charge >= 0.3 is 0 Å². The van der Waals surface area contributed by atoms with Gasteiger partial charge in [0.05, 0.1) is 18.3 Å². The second kappa shape index (κ2) is 8.25. The first-order valence-corrected chi connectivity index (χ1v) is 8.42. The van der Waals surface area contributed by atoms with Gasteiger partial charge in [-0.3, -0.25) is 4.79 Å². The topological polar surface area (TPSA) is 54.0 Å². The monoisotopic (exact) mass is 349 g/mol. The minimum absolute atomic E-state index is 0.102. The Labute approximate surface area is 152 Å². The summed E-state index contributed by atoms with van der Waals surface area (Å²) in [5.41, 5.74) is 2.67.